The lowest BCUT2D eigenvalue weighted by atomic mass is 9.84. The van der Waals surface area contributed by atoms with Gasteiger partial charge in [0.25, 0.3) is 0 Å². The molecule has 1 rings (SSSR count). The van der Waals surface area contributed by atoms with E-state index in [0.29, 0.717) is 0 Å². The van der Waals surface area contributed by atoms with E-state index in [1.54, 1.807) is 0 Å². The number of hydrogen-bond acceptors (Lipinski definition) is 2. The monoisotopic (exact) mass is 187 g/mol. The molecule has 0 aromatic carbocycles. The molecule has 0 bridgehead atoms. The molecule has 72 valence electrons. The molecular weight excluding hydrogens is 166 g/mol. The highest BCUT2D eigenvalue weighted by Gasteiger charge is 2.24. The van der Waals surface area contributed by atoms with Crippen molar-refractivity contribution in [2.24, 2.45) is 23.5 Å². The van der Waals surface area contributed by atoms with E-state index in [4.69, 9.17) is 5.73 Å². The van der Waals surface area contributed by atoms with E-state index in [9.17, 15) is 0 Å². The van der Waals surface area contributed by atoms with E-state index in [-0.39, 0.29) is 0 Å². The fourth-order valence-electron chi connectivity index (χ4n) is 2.02. The van der Waals surface area contributed by atoms with E-state index < -0.39 is 0 Å². The fraction of sp³-hybridized carbons (Fsp3) is 1.00. The summed E-state index contributed by atoms with van der Waals surface area (Å²) in [5.74, 6) is 5.21. The van der Waals surface area contributed by atoms with Crippen LogP contribution in [0.3, 0.4) is 0 Å². The van der Waals surface area contributed by atoms with E-state index in [1.807, 2.05) is 0 Å². The summed E-state index contributed by atoms with van der Waals surface area (Å²) in [4.78, 5) is 0. The van der Waals surface area contributed by atoms with Crippen LogP contribution in [-0.4, -0.2) is 18.1 Å². The third-order valence-electron chi connectivity index (χ3n) is 2.71. The van der Waals surface area contributed by atoms with Gasteiger partial charge in [0.05, 0.1) is 0 Å². The summed E-state index contributed by atoms with van der Waals surface area (Å²) >= 11 is 2.08. The van der Waals surface area contributed by atoms with Crippen molar-refractivity contribution in [2.75, 3.05) is 18.1 Å². The van der Waals surface area contributed by atoms with Crippen molar-refractivity contribution in [3.8, 4) is 0 Å². The number of thioether (sulfide) groups is 1. The lowest BCUT2D eigenvalue weighted by Gasteiger charge is -2.31. The van der Waals surface area contributed by atoms with Crippen LogP contribution in [0.15, 0.2) is 0 Å². The Labute approximate surface area is 80.5 Å². The lowest BCUT2D eigenvalue weighted by molar-refractivity contribution is 0.295. The lowest BCUT2D eigenvalue weighted by Crippen LogP contribution is -2.30. The van der Waals surface area contributed by atoms with Crippen LogP contribution in [0, 0.1) is 17.8 Å². The summed E-state index contributed by atoms with van der Waals surface area (Å²) in [5.41, 5.74) is 5.76. The van der Waals surface area contributed by atoms with Gasteiger partial charge in [0.1, 0.15) is 0 Å². The molecule has 1 aliphatic heterocycles. The van der Waals surface area contributed by atoms with Crippen molar-refractivity contribution in [3.05, 3.63) is 0 Å². The van der Waals surface area contributed by atoms with E-state index in [2.05, 4.69) is 25.6 Å². The Kier molecular flexibility index (Phi) is 4.44. The normalized spacial score (nSPS) is 31.0. The van der Waals surface area contributed by atoms with Crippen molar-refractivity contribution in [1.82, 2.24) is 0 Å². The number of rotatable bonds is 3. The quantitative estimate of drug-likeness (QED) is 0.734. The van der Waals surface area contributed by atoms with Gasteiger partial charge >= 0.3 is 0 Å². The molecule has 0 saturated carbocycles. The smallest absolute Gasteiger partial charge is 0.00244 e. The van der Waals surface area contributed by atoms with Crippen LogP contribution in [0.5, 0.6) is 0 Å². The second-order valence-electron chi connectivity index (χ2n) is 4.25. The van der Waals surface area contributed by atoms with Crippen molar-refractivity contribution in [3.63, 3.8) is 0 Å². The molecule has 1 heterocycles. The standard InChI is InChI=1S/C10H21NS/c1-8(2)5-9-3-4-12-7-10(9)6-11/h8-10H,3-7,11H2,1-2H3. The first-order valence-electron chi connectivity index (χ1n) is 5.01. The largest absolute Gasteiger partial charge is 0.330 e. The maximum Gasteiger partial charge on any atom is -0.00244 e. The Bertz CT molecular complexity index is 125. The zero-order chi connectivity index (χ0) is 8.97. The van der Waals surface area contributed by atoms with Gasteiger partial charge in [-0.1, -0.05) is 13.8 Å². The molecule has 1 nitrogen and oxygen atoms in total. The van der Waals surface area contributed by atoms with Crippen LogP contribution in [0.1, 0.15) is 26.7 Å². The molecular formula is C10H21NS. The minimum atomic E-state index is 0.797. The maximum absolute atomic E-state index is 5.76. The van der Waals surface area contributed by atoms with E-state index >= 15 is 0 Å². The molecule has 2 atom stereocenters. The van der Waals surface area contributed by atoms with Gasteiger partial charge in [0.2, 0.25) is 0 Å². The highest BCUT2D eigenvalue weighted by atomic mass is 32.2. The van der Waals surface area contributed by atoms with Gasteiger partial charge in [-0.05, 0) is 48.6 Å². The Morgan fingerprint density at radius 2 is 2.17 bits per heavy atom. The fourth-order valence-corrected chi connectivity index (χ4v) is 3.36. The molecule has 0 aliphatic carbocycles. The third-order valence-corrected chi connectivity index (χ3v) is 3.90. The second-order valence-corrected chi connectivity index (χ2v) is 5.40. The number of hydrogen-bond donors (Lipinski definition) is 1. The first-order chi connectivity index (χ1) is 5.74. The molecule has 1 saturated heterocycles. The van der Waals surface area contributed by atoms with Gasteiger partial charge < -0.3 is 5.73 Å². The summed E-state index contributed by atoms with van der Waals surface area (Å²) in [6.45, 7) is 5.52. The van der Waals surface area contributed by atoms with E-state index in [1.165, 1.54) is 24.3 Å². The van der Waals surface area contributed by atoms with Gasteiger partial charge in [0.15, 0.2) is 0 Å². The topological polar surface area (TPSA) is 26.0 Å². The maximum atomic E-state index is 5.76. The molecule has 2 N–H and O–H groups in total. The van der Waals surface area contributed by atoms with Crippen LogP contribution in [0.2, 0.25) is 0 Å². The molecule has 2 unspecified atom stereocenters. The molecule has 1 aliphatic rings. The molecule has 1 fully saturated rings. The van der Waals surface area contributed by atoms with Crippen molar-refractivity contribution in [1.29, 1.82) is 0 Å². The van der Waals surface area contributed by atoms with Gasteiger partial charge in [-0.3, -0.25) is 0 Å². The third kappa shape index (κ3) is 2.98. The molecule has 0 aromatic rings. The number of nitrogens with two attached hydrogens (primary N) is 1. The summed E-state index contributed by atoms with van der Waals surface area (Å²) in [6.07, 6.45) is 2.77. The van der Waals surface area contributed by atoms with Gasteiger partial charge in [-0.15, -0.1) is 0 Å². The second kappa shape index (κ2) is 5.13. The van der Waals surface area contributed by atoms with Gasteiger partial charge in [-0.2, -0.15) is 11.8 Å². The average molecular weight is 187 g/mol. The summed E-state index contributed by atoms with van der Waals surface area (Å²) in [7, 11) is 0. The Balaban J connectivity index is 2.36. The molecule has 0 spiro atoms. The predicted molar refractivity (Wildman–Crippen MR) is 57.4 cm³/mol. The molecule has 2 heteroatoms. The first kappa shape index (κ1) is 10.4. The van der Waals surface area contributed by atoms with Crippen LogP contribution in [0.4, 0.5) is 0 Å². The summed E-state index contributed by atoms with van der Waals surface area (Å²) < 4.78 is 0. The van der Waals surface area contributed by atoms with Crippen molar-refractivity contribution < 1.29 is 0 Å². The zero-order valence-electron chi connectivity index (χ0n) is 8.25. The molecule has 0 aromatic heterocycles. The average Bonchev–Trinajstić information content (AvgIpc) is 2.04. The first-order valence-corrected chi connectivity index (χ1v) is 6.17. The Hall–Kier alpha value is 0.310. The van der Waals surface area contributed by atoms with E-state index in [0.717, 1.165) is 24.3 Å². The SMILES string of the molecule is CC(C)CC1CCSCC1CN. The van der Waals surface area contributed by atoms with Crippen LogP contribution < -0.4 is 5.73 Å². The van der Waals surface area contributed by atoms with Crippen LogP contribution in [0.25, 0.3) is 0 Å². The van der Waals surface area contributed by atoms with Crippen LogP contribution >= 0.6 is 11.8 Å². The van der Waals surface area contributed by atoms with Gasteiger partial charge in [-0.25, -0.2) is 0 Å². The highest BCUT2D eigenvalue weighted by molar-refractivity contribution is 7.99. The molecule has 0 radical (unpaired) electrons. The zero-order valence-corrected chi connectivity index (χ0v) is 9.07. The Morgan fingerprint density at radius 1 is 1.42 bits per heavy atom. The summed E-state index contributed by atoms with van der Waals surface area (Å²) in [6, 6.07) is 0. The predicted octanol–water partition coefficient (Wildman–Crippen LogP) is 2.36. The van der Waals surface area contributed by atoms with Crippen molar-refractivity contribution >= 4 is 11.8 Å². The van der Waals surface area contributed by atoms with Crippen LogP contribution in [-0.2, 0) is 0 Å². The van der Waals surface area contributed by atoms with Crippen molar-refractivity contribution in [2.45, 2.75) is 26.7 Å². The van der Waals surface area contributed by atoms with Gasteiger partial charge in [0, 0.05) is 0 Å². The summed E-state index contributed by atoms with van der Waals surface area (Å²) in [5, 5.41) is 0. The Morgan fingerprint density at radius 3 is 2.75 bits per heavy atom. The molecule has 0 amide bonds. The molecule has 12 heavy (non-hydrogen) atoms. The minimum Gasteiger partial charge on any atom is -0.330 e. The minimum absolute atomic E-state index is 0.797. The highest BCUT2D eigenvalue weighted by Crippen LogP contribution is 2.32.